The molecule has 0 spiro atoms. The van der Waals surface area contributed by atoms with Gasteiger partial charge in [0.25, 0.3) is 0 Å². The fourth-order valence-corrected chi connectivity index (χ4v) is 1.88. The van der Waals surface area contributed by atoms with Gasteiger partial charge in [-0.2, -0.15) is 0 Å². The van der Waals surface area contributed by atoms with Gasteiger partial charge in [-0.1, -0.05) is 12.1 Å². The van der Waals surface area contributed by atoms with Gasteiger partial charge in [-0.25, -0.2) is 0 Å². The van der Waals surface area contributed by atoms with Crippen molar-refractivity contribution in [2.24, 2.45) is 0 Å². The zero-order valence-electron chi connectivity index (χ0n) is 8.53. The summed E-state index contributed by atoms with van der Waals surface area (Å²) in [5.41, 5.74) is -0.105. The van der Waals surface area contributed by atoms with Crippen molar-refractivity contribution in [3.63, 3.8) is 0 Å². The first kappa shape index (κ1) is 11.3. The minimum Gasteiger partial charge on any atom is -0.449 e. The molecule has 86 valence electrons. The van der Waals surface area contributed by atoms with Crippen molar-refractivity contribution in [3.05, 3.63) is 50.7 Å². The summed E-state index contributed by atoms with van der Waals surface area (Å²) in [4.78, 5) is 21.2. The van der Waals surface area contributed by atoms with Gasteiger partial charge in [0.05, 0.1) is 9.80 Å². The molecule has 0 aliphatic heterocycles. The molecule has 1 aromatic heterocycles. The molecule has 17 heavy (non-hydrogen) atoms. The van der Waals surface area contributed by atoms with Crippen LogP contribution in [0.2, 0.25) is 0 Å². The Kier molecular flexibility index (Phi) is 3.15. The normalized spacial score (nSPS) is 9.88. The van der Waals surface area contributed by atoms with E-state index in [1.54, 1.807) is 17.5 Å². The minimum atomic E-state index is -0.512. The predicted octanol–water partition coefficient (Wildman–Crippen LogP) is 3.26. The lowest BCUT2D eigenvalue weighted by Gasteiger charge is -2.02. The van der Waals surface area contributed by atoms with E-state index < -0.39 is 4.92 Å². The second-order valence-corrected chi connectivity index (χ2v) is 4.07. The molecule has 0 bridgehead atoms. The molecule has 0 unspecified atom stereocenters. The first-order chi connectivity index (χ1) is 8.20. The standard InChI is InChI=1S/C11H7NO4S/c13-6-9-5-8(7-17-9)16-11-4-2-1-3-10(11)12(14)15/h1-7H. The van der Waals surface area contributed by atoms with E-state index in [4.69, 9.17) is 4.74 Å². The van der Waals surface area contributed by atoms with Crippen molar-refractivity contribution in [2.75, 3.05) is 0 Å². The Morgan fingerprint density at radius 3 is 2.76 bits per heavy atom. The Labute approximate surface area is 100 Å². The van der Waals surface area contributed by atoms with Crippen LogP contribution in [0.15, 0.2) is 35.7 Å². The molecule has 5 nitrogen and oxygen atoms in total. The quantitative estimate of drug-likeness (QED) is 0.473. The molecule has 1 heterocycles. The average molecular weight is 249 g/mol. The zero-order valence-corrected chi connectivity index (χ0v) is 9.35. The van der Waals surface area contributed by atoms with Crippen molar-refractivity contribution in [3.8, 4) is 11.5 Å². The molecule has 1 aromatic carbocycles. The molecule has 0 atom stereocenters. The molecule has 0 saturated heterocycles. The molecule has 0 saturated carbocycles. The second kappa shape index (κ2) is 4.75. The van der Waals surface area contributed by atoms with Crippen LogP contribution in [-0.2, 0) is 0 Å². The lowest BCUT2D eigenvalue weighted by atomic mass is 10.3. The number of nitrogens with zero attached hydrogens (tertiary/aromatic N) is 1. The Hall–Kier alpha value is -2.21. The van der Waals surface area contributed by atoms with Crippen LogP contribution in [0.3, 0.4) is 0 Å². The molecule has 0 radical (unpaired) electrons. The summed E-state index contributed by atoms with van der Waals surface area (Å²) in [6, 6.07) is 7.62. The van der Waals surface area contributed by atoms with Gasteiger partial charge in [-0.05, 0) is 6.07 Å². The van der Waals surface area contributed by atoms with Crippen molar-refractivity contribution in [1.29, 1.82) is 0 Å². The molecule has 0 aliphatic rings. The number of para-hydroxylation sites is 2. The number of thiophene rings is 1. The van der Waals surface area contributed by atoms with Crippen LogP contribution in [-0.4, -0.2) is 11.2 Å². The van der Waals surface area contributed by atoms with E-state index in [0.29, 0.717) is 16.9 Å². The monoisotopic (exact) mass is 249 g/mol. The molecule has 0 amide bonds. The van der Waals surface area contributed by atoms with Crippen molar-refractivity contribution < 1.29 is 14.5 Å². The smallest absolute Gasteiger partial charge is 0.311 e. The summed E-state index contributed by atoms with van der Waals surface area (Å²) in [5, 5.41) is 12.4. The Morgan fingerprint density at radius 1 is 1.35 bits per heavy atom. The predicted molar refractivity (Wildman–Crippen MR) is 62.9 cm³/mol. The van der Waals surface area contributed by atoms with Gasteiger partial charge in [0.1, 0.15) is 5.75 Å². The lowest BCUT2D eigenvalue weighted by molar-refractivity contribution is -0.385. The van der Waals surface area contributed by atoms with Gasteiger partial charge in [-0.3, -0.25) is 14.9 Å². The number of hydrogen-bond acceptors (Lipinski definition) is 5. The maximum Gasteiger partial charge on any atom is 0.311 e. The van der Waals surface area contributed by atoms with Crippen LogP contribution in [0.5, 0.6) is 11.5 Å². The van der Waals surface area contributed by atoms with Crippen LogP contribution in [0.4, 0.5) is 5.69 Å². The Bertz CT molecular complexity index is 564. The van der Waals surface area contributed by atoms with E-state index in [1.807, 2.05) is 0 Å². The van der Waals surface area contributed by atoms with Crippen molar-refractivity contribution >= 4 is 23.3 Å². The summed E-state index contributed by atoms with van der Waals surface area (Å²) in [7, 11) is 0. The van der Waals surface area contributed by atoms with E-state index in [2.05, 4.69) is 0 Å². The molecular weight excluding hydrogens is 242 g/mol. The number of carbonyl (C=O) groups excluding carboxylic acids is 1. The number of nitro groups is 1. The molecule has 6 heteroatoms. The third-order valence-electron chi connectivity index (χ3n) is 2.00. The van der Waals surface area contributed by atoms with E-state index in [-0.39, 0.29) is 11.4 Å². The van der Waals surface area contributed by atoms with Gasteiger partial charge in [0.15, 0.2) is 6.29 Å². The summed E-state index contributed by atoms with van der Waals surface area (Å²) in [6.45, 7) is 0. The van der Waals surface area contributed by atoms with Crippen LogP contribution < -0.4 is 4.74 Å². The lowest BCUT2D eigenvalue weighted by Crippen LogP contribution is -1.92. The molecule has 0 aliphatic carbocycles. The number of benzene rings is 1. The fourth-order valence-electron chi connectivity index (χ4n) is 1.27. The molecule has 2 aromatic rings. The van der Waals surface area contributed by atoms with Gasteiger partial charge in [0, 0.05) is 17.5 Å². The van der Waals surface area contributed by atoms with Crippen LogP contribution in [0.25, 0.3) is 0 Å². The van der Waals surface area contributed by atoms with Gasteiger partial charge in [0.2, 0.25) is 5.75 Å². The number of hydrogen-bond donors (Lipinski definition) is 0. The van der Waals surface area contributed by atoms with E-state index in [9.17, 15) is 14.9 Å². The summed E-state index contributed by atoms with van der Waals surface area (Å²) in [6.07, 6.45) is 0.705. The first-order valence-electron chi connectivity index (χ1n) is 4.65. The van der Waals surface area contributed by atoms with Crippen molar-refractivity contribution in [2.45, 2.75) is 0 Å². The van der Waals surface area contributed by atoms with Gasteiger partial charge in [-0.15, -0.1) is 11.3 Å². The highest BCUT2D eigenvalue weighted by atomic mass is 32.1. The number of ether oxygens (including phenoxy) is 1. The highest BCUT2D eigenvalue weighted by Gasteiger charge is 2.14. The fraction of sp³-hybridized carbons (Fsp3) is 0. The van der Waals surface area contributed by atoms with E-state index in [1.165, 1.54) is 29.5 Å². The average Bonchev–Trinajstić information content (AvgIpc) is 2.77. The SMILES string of the molecule is O=Cc1cc(Oc2ccccc2[N+](=O)[O-])cs1. The van der Waals surface area contributed by atoms with Gasteiger partial charge >= 0.3 is 5.69 Å². The van der Waals surface area contributed by atoms with E-state index in [0.717, 1.165) is 0 Å². The maximum atomic E-state index is 10.7. The highest BCUT2D eigenvalue weighted by Crippen LogP contribution is 2.32. The van der Waals surface area contributed by atoms with E-state index >= 15 is 0 Å². The second-order valence-electron chi connectivity index (χ2n) is 3.13. The largest absolute Gasteiger partial charge is 0.449 e. The summed E-state index contributed by atoms with van der Waals surface area (Å²) < 4.78 is 5.36. The number of aldehydes is 1. The summed E-state index contributed by atoms with van der Waals surface area (Å²) in [5.74, 6) is 0.583. The van der Waals surface area contributed by atoms with Crippen molar-refractivity contribution in [1.82, 2.24) is 0 Å². The Morgan fingerprint density at radius 2 is 2.12 bits per heavy atom. The van der Waals surface area contributed by atoms with Gasteiger partial charge < -0.3 is 4.74 Å². The zero-order chi connectivity index (χ0) is 12.3. The Balaban J connectivity index is 2.29. The first-order valence-corrected chi connectivity index (χ1v) is 5.53. The third kappa shape index (κ3) is 2.48. The third-order valence-corrected chi connectivity index (χ3v) is 2.84. The molecule has 0 N–H and O–H groups in total. The molecule has 0 fully saturated rings. The number of nitro benzene ring substituents is 1. The summed E-state index contributed by atoms with van der Waals surface area (Å²) >= 11 is 1.22. The molecular formula is C11H7NO4S. The molecule has 2 rings (SSSR count). The highest BCUT2D eigenvalue weighted by molar-refractivity contribution is 7.11. The number of carbonyl (C=O) groups is 1. The maximum absolute atomic E-state index is 10.7. The topological polar surface area (TPSA) is 69.4 Å². The van der Waals surface area contributed by atoms with Crippen LogP contribution in [0.1, 0.15) is 9.67 Å². The van der Waals surface area contributed by atoms with Crippen LogP contribution in [0, 0.1) is 10.1 Å². The minimum absolute atomic E-state index is 0.105. The van der Waals surface area contributed by atoms with Crippen LogP contribution >= 0.6 is 11.3 Å². The number of rotatable bonds is 4.